The fourth-order valence-corrected chi connectivity index (χ4v) is 1.71. The highest BCUT2D eigenvalue weighted by Gasteiger charge is 2.04. The number of aryl methyl sites for hydroxylation is 2. The number of benzene rings is 1. The summed E-state index contributed by atoms with van der Waals surface area (Å²) in [6, 6.07) is 6.02. The van der Waals surface area contributed by atoms with Gasteiger partial charge in [0.25, 0.3) is 0 Å². The number of hydrogen-bond donors (Lipinski definition) is 0. The van der Waals surface area contributed by atoms with E-state index in [0.717, 1.165) is 23.7 Å². The molecule has 0 atom stereocenters. The lowest BCUT2D eigenvalue weighted by Gasteiger charge is -2.02. The van der Waals surface area contributed by atoms with Gasteiger partial charge in [-0.05, 0) is 18.1 Å². The molecule has 0 saturated heterocycles. The fraction of sp³-hybridized carbons (Fsp3) is 0.273. The van der Waals surface area contributed by atoms with Crippen LogP contribution in [0.25, 0.3) is 11.0 Å². The van der Waals surface area contributed by atoms with E-state index in [1.165, 1.54) is 5.56 Å². The standard InChI is InChI=1S/C11H12N2O/c1-13-8-12-10-6-2-4-9(11(10)13)5-3-7-14/h2,4,6-8H,3,5H2,1H3. The third-order valence-electron chi connectivity index (χ3n) is 2.35. The normalized spacial score (nSPS) is 10.6. The molecule has 72 valence electrons. The van der Waals surface area contributed by atoms with Crippen LogP contribution in [0.4, 0.5) is 0 Å². The molecule has 3 nitrogen and oxygen atoms in total. The number of rotatable bonds is 3. The Kier molecular flexibility index (Phi) is 2.31. The van der Waals surface area contributed by atoms with Gasteiger partial charge >= 0.3 is 0 Å². The van der Waals surface area contributed by atoms with Gasteiger partial charge in [0.1, 0.15) is 6.29 Å². The van der Waals surface area contributed by atoms with Crippen LogP contribution < -0.4 is 0 Å². The number of carbonyl (C=O) groups excluding carboxylic acids is 1. The van der Waals surface area contributed by atoms with Crippen LogP contribution in [-0.2, 0) is 18.3 Å². The molecule has 0 N–H and O–H groups in total. The van der Waals surface area contributed by atoms with Crippen molar-refractivity contribution < 1.29 is 4.79 Å². The first kappa shape index (κ1) is 8.94. The Labute approximate surface area is 82.4 Å². The number of nitrogens with zero attached hydrogens (tertiary/aromatic N) is 2. The van der Waals surface area contributed by atoms with E-state index in [4.69, 9.17) is 0 Å². The molecule has 0 bridgehead atoms. The van der Waals surface area contributed by atoms with Gasteiger partial charge in [-0.2, -0.15) is 0 Å². The van der Waals surface area contributed by atoms with Gasteiger partial charge in [-0.15, -0.1) is 0 Å². The van der Waals surface area contributed by atoms with E-state index in [0.29, 0.717) is 6.42 Å². The van der Waals surface area contributed by atoms with E-state index in [9.17, 15) is 4.79 Å². The monoisotopic (exact) mass is 188 g/mol. The van der Waals surface area contributed by atoms with Crippen LogP contribution in [-0.4, -0.2) is 15.8 Å². The number of fused-ring (bicyclic) bond motifs is 1. The first-order valence-corrected chi connectivity index (χ1v) is 4.65. The molecule has 2 rings (SSSR count). The first-order chi connectivity index (χ1) is 6.83. The highest BCUT2D eigenvalue weighted by molar-refractivity contribution is 5.79. The number of aldehydes is 1. The van der Waals surface area contributed by atoms with Gasteiger partial charge < -0.3 is 9.36 Å². The molecule has 2 aromatic rings. The molecule has 3 heteroatoms. The Balaban J connectivity index is 2.51. The molecule has 0 amide bonds. The van der Waals surface area contributed by atoms with Crippen LogP contribution in [0.15, 0.2) is 24.5 Å². The summed E-state index contributed by atoms with van der Waals surface area (Å²) in [6.45, 7) is 0. The van der Waals surface area contributed by atoms with Crippen LogP contribution in [0.3, 0.4) is 0 Å². The van der Waals surface area contributed by atoms with Crippen molar-refractivity contribution in [1.82, 2.24) is 9.55 Å². The lowest BCUT2D eigenvalue weighted by Crippen LogP contribution is -1.92. The second-order valence-corrected chi connectivity index (χ2v) is 3.35. The molecule has 1 aromatic heterocycles. The Morgan fingerprint density at radius 2 is 2.36 bits per heavy atom. The van der Waals surface area contributed by atoms with Gasteiger partial charge in [0.05, 0.1) is 17.4 Å². The van der Waals surface area contributed by atoms with E-state index < -0.39 is 0 Å². The minimum absolute atomic E-state index is 0.574. The third kappa shape index (κ3) is 1.41. The number of hydrogen-bond acceptors (Lipinski definition) is 2. The van der Waals surface area contributed by atoms with Crippen LogP contribution >= 0.6 is 0 Å². The Hall–Kier alpha value is -1.64. The molecule has 0 unspecified atom stereocenters. The maximum atomic E-state index is 10.3. The van der Waals surface area contributed by atoms with E-state index in [1.54, 1.807) is 6.33 Å². The molecule has 0 radical (unpaired) electrons. The van der Waals surface area contributed by atoms with Crippen LogP contribution in [0.2, 0.25) is 0 Å². The summed E-state index contributed by atoms with van der Waals surface area (Å²) in [5, 5.41) is 0. The largest absolute Gasteiger partial charge is 0.334 e. The van der Waals surface area contributed by atoms with Crippen molar-refractivity contribution in [1.29, 1.82) is 0 Å². The zero-order valence-corrected chi connectivity index (χ0v) is 8.10. The Morgan fingerprint density at radius 1 is 1.50 bits per heavy atom. The molecule has 0 saturated carbocycles. The van der Waals surface area contributed by atoms with Crippen molar-refractivity contribution in [3.05, 3.63) is 30.1 Å². The highest BCUT2D eigenvalue weighted by atomic mass is 16.1. The average Bonchev–Trinajstić information content (AvgIpc) is 2.58. The van der Waals surface area contributed by atoms with Crippen molar-refractivity contribution in [3.63, 3.8) is 0 Å². The minimum atomic E-state index is 0.574. The van der Waals surface area contributed by atoms with Gasteiger partial charge in [-0.25, -0.2) is 4.98 Å². The average molecular weight is 188 g/mol. The summed E-state index contributed by atoms with van der Waals surface area (Å²) in [7, 11) is 1.97. The fourth-order valence-electron chi connectivity index (χ4n) is 1.71. The Morgan fingerprint density at radius 3 is 3.14 bits per heavy atom. The lowest BCUT2D eigenvalue weighted by atomic mass is 10.1. The number of aromatic nitrogens is 2. The summed E-state index contributed by atoms with van der Waals surface area (Å²) in [4.78, 5) is 14.6. The van der Waals surface area contributed by atoms with Crippen molar-refractivity contribution >= 4 is 17.3 Å². The molecule has 0 aliphatic carbocycles. The summed E-state index contributed by atoms with van der Waals surface area (Å²) < 4.78 is 2.00. The van der Waals surface area contributed by atoms with E-state index in [-0.39, 0.29) is 0 Å². The van der Waals surface area contributed by atoms with Crippen LogP contribution in [0.5, 0.6) is 0 Å². The van der Waals surface area contributed by atoms with E-state index in [1.807, 2.05) is 29.8 Å². The number of carbonyl (C=O) groups is 1. The smallest absolute Gasteiger partial charge is 0.120 e. The summed E-state index contributed by atoms with van der Waals surface area (Å²) >= 11 is 0. The predicted octanol–water partition coefficient (Wildman–Crippen LogP) is 1.70. The van der Waals surface area contributed by atoms with Crippen molar-refractivity contribution in [2.24, 2.45) is 7.05 Å². The van der Waals surface area contributed by atoms with Gasteiger partial charge in [-0.3, -0.25) is 0 Å². The van der Waals surface area contributed by atoms with E-state index >= 15 is 0 Å². The maximum absolute atomic E-state index is 10.3. The topological polar surface area (TPSA) is 34.9 Å². The molecular weight excluding hydrogens is 176 g/mol. The molecular formula is C11H12N2O. The van der Waals surface area contributed by atoms with Crippen LogP contribution in [0, 0.1) is 0 Å². The number of para-hydroxylation sites is 1. The maximum Gasteiger partial charge on any atom is 0.120 e. The lowest BCUT2D eigenvalue weighted by molar-refractivity contribution is -0.107. The number of imidazole rings is 1. The van der Waals surface area contributed by atoms with Crippen LogP contribution in [0.1, 0.15) is 12.0 Å². The highest BCUT2D eigenvalue weighted by Crippen LogP contribution is 2.17. The first-order valence-electron chi connectivity index (χ1n) is 4.65. The molecule has 1 aromatic carbocycles. The van der Waals surface area contributed by atoms with Gasteiger partial charge in [-0.1, -0.05) is 12.1 Å². The predicted molar refractivity (Wildman–Crippen MR) is 55.1 cm³/mol. The summed E-state index contributed by atoms with van der Waals surface area (Å²) in [6.07, 6.45) is 4.12. The Bertz CT molecular complexity index is 459. The molecule has 0 aliphatic heterocycles. The summed E-state index contributed by atoms with van der Waals surface area (Å²) in [5.74, 6) is 0. The van der Waals surface area contributed by atoms with Gasteiger partial charge in [0.15, 0.2) is 0 Å². The second kappa shape index (κ2) is 3.62. The van der Waals surface area contributed by atoms with E-state index in [2.05, 4.69) is 4.98 Å². The van der Waals surface area contributed by atoms with Crippen molar-refractivity contribution in [2.45, 2.75) is 12.8 Å². The SMILES string of the molecule is Cn1cnc2cccc(CCC=O)c21. The van der Waals surface area contributed by atoms with Crippen molar-refractivity contribution in [3.8, 4) is 0 Å². The second-order valence-electron chi connectivity index (χ2n) is 3.35. The summed E-state index contributed by atoms with van der Waals surface area (Å²) in [5.41, 5.74) is 3.32. The third-order valence-corrected chi connectivity index (χ3v) is 2.35. The molecule has 0 aliphatic rings. The minimum Gasteiger partial charge on any atom is -0.334 e. The zero-order chi connectivity index (χ0) is 9.97. The molecule has 0 fully saturated rings. The molecule has 0 spiro atoms. The zero-order valence-electron chi connectivity index (χ0n) is 8.10. The molecule has 14 heavy (non-hydrogen) atoms. The van der Waals surface area contributed by atoms with Crippen molar-refractivity contribution in [2.75, 3.05) is 0 Å². The quantitative estimate of drug-likeness (QED) is 0.687. The molecule has 1 heterocycles. The van der Waals surface area contributed by atoms with Gasteiger partial charge in [0, 0.05) is 13.5 Å². The van der Waals surface area contributed by atoms with Gasteiger partial charge in [0.2, 0.25) is 0 Å².